The Morgan fingerprint density at radius 3 is 2.62 bits per heavy atom. The van der Waals surface area contributed by atoms with Gasteiger partial charge in [0.1, 0.15) is 5.84 Å². The molecule has 4 N–H and O–H groups in total. The number of rotatable bonds is 8. The van der Waals surface area contributed by atoms with Gasteiger partial charge in [0.25, 0.3) is 0 Å². The minimum Gasteiger partial charge on any atom is -0.409 e. The standard InChI is InChI=1S/C9H21N3O3S/c1-8(2)5-7-16(14,15)11-6-3-4-9(10)12-13/h8,11,13H,3-7H2,1-2H3,(H2,10,12). The molecule has 0 bridgehead atoms. The van der Waals surface area contributed by atoms with Crippen molar-refractivity contribution in [1.29, 1.82) is 0 Å². The maximum atomic E-state index is 11.4. The van der Waals surface area contributed by atoms with Gasteiger partial charge >= 0.3 is 0 Å². The Morgan fingerprint density at radius 1 is 1.50 bits per heavy atom. The lowest BCUT2D eigenvalue weighted by Crippen LogP contribution is -2.28. The van der Waals surface area contributed by atoms with Crippen LogP contribution in [0.25, 0.3) is 0 Å². The molecule has 0 heterocycles. The zero-order valence-electron chi connectivity index (χ0n) is 9.81. The molecule has 0 spiro atoms. The normalized spacial score (nSPS) is 13.3. The molecule has 0 aliphatic heterocycles. The molecule has 0 aromatic carbocycles. The number of sulfonamides is 1. The fourth-order valence-corrected chi connectivity index (χ4v) is 2.39. The highest BCUT2D eigenvalue weighted by Gasteiger charge is 2.10. The van der Waals surface area contributed by atoms with Crippen LogP contribution in [0.3, 0.4) is 0 Å². The number of oxime groups is 1. The van der Waals surface area contributed by atoms with Crippen molar-refractivity contribution >= 4 is 15.9 Å². The minimum atomic E-state index is -3.17. The summed E-state index contributed by atoms with van der Waals surface area (Å²) in [6, 6.07) is 0. The lowest BCUT2D eigenvalue weighted by atomic mass is 10.2. The summed E-state index contributed by atoms with van der Waals surface area (Å²) in [4.78, 5) is 0. The quantitative estimate of drug-likeness (QED) is 0.192. The summed E-state index contributed by atoms with van der Waals surface area (Å²) in [5.74, 6) is 0.629. The summed E-state index contributed by atoms with van der Waals surface area (Å²) in [7, 11) is -3.17. The van der Waals surface area contributed by atoms with Crippen LogP contribution in [0.2, 0.25) is 0 Å². The predicted octanol–water partition coefficient (Wildman–Crippen LogP) is 0.479. The molecule has 0 saturated carbocycles. The molecule has 7 heteroatoms. The Balaban J connectivity index is 3.75. The van der Waals surface area contributed by atoms with Gasteiger partial charge in [0.15, 0.2) is 0 Å². The molecular weight excluding hydrogens is 230 g/mol. The first-order valence-corrected chi connectivity index (χ1v) is 6.96. The lowest BCUT2D eigenvalue weighted by Gasteiger charge is -2.07. The average molecular weight is 251 g/mol. The van der Waals surface area contributed by atoms with Gasteiger partial charge in [-0.2, -0.15) is 0 Å². The largest absolute Gasteiger partial charge is 0.409 e. The number of amidine groups is 1. The summed E-state index contributed by atoms with van der Waals surface area (Å²) in [6.45, 7) is 4.28. The zero-order valence-corrected chi connectivity index (χ0v) is 10.6. The van der Waals surface area contributed by atoms with Crippen LogP contribution in [-0.4, -0.2) is 31.8 Å². The highest BCUT2D eigenvalue weighted by molar-refractivity contribution is 7.89. The van der Waals surface area contributed by atoms with E-state index in [1.165, 1.54) is 0 Å². The van der Waals surface area contributed by atoms with Crippen molar-refractivity contribution in [3.8, 4) is 0 Å². The minimum absolute atomic E-state index is 0.112. The third kappa shape index (κ3) is 8.49. The first kappa shape index (κ1) is 15.2. The molecule has 0 aliphatic rings. The average Bonchev–Trinajstić information content (AvgIpc) is 2.21. The van der Waals surface area contributed by atoms with E-state index in [-0.39, 0.29) is 11.6 Å². The molecule has 6 nitrogen and oxygen atoms in total. The van der Waals surface area contributed by atoms with E-state index < -0.39 is 10.0 Å². The highest BCUT2D eigenvalue weighted by Crippen LogP contribution is 2.01. The van der Waals surface area contributed by atoms with Gasteiger partial charge in [-0.3, -0.25) is 0 Å². The number of nitrogens with two attached hydrogens (primary N) is 1. The summed E-state index contributed by atoms with van der Waals surface area (Å²) < 4.78 is 25.3. The van der Waals surface area contributed by atoms with E-state index in [1.54, 1.807) is 0 Å². The van der Waals surface area contributed by atoms with Gasteiger partial charge in [0.2, 0.25) is 10.0 Å². The van der Waals surface area contributed by atoms with Crippen LogP contribution in [0.1, 0.15) is 33.1 Å². The maximum Gasteiger partial charge on any atom is 0.211 e. The smallest absolute Gasteiger partial charge is 0.211 e. The van der Waals surface area contributed by atoms with Gasteiger partial charge < -0.3 is 10.9 Å². The van der Waals surface area contributed by atoms with Crippen LogP contribution in [0.5, 0.6) is 0 Å². The van der Waals surface area contributed by atoms with Gasteiger partial charge in [-0.15, -0.1) is 0 Å². The van der Waals surface area contributed by atoms with Crippen LogP contribution >= 0.6 is 0 Å². The molecule has 0 aromatic rings. The second kappa shape index (κ2) is 7.45. The number of hydrogen-bond donors (Lipinski definition) is 3. The SMILES string of the molecule is CC(C)CCS(=O)(=O)NCCCC(N)=NO. The molecule has 0 radical (unpaired) electrons. The molecular formula is C9H21N3O3S. The Morgan fingerprint density at radius 2 is 2.12 bits per heavy atom. The van der Waals surface area contributed by atoms with Crippen molar-refractivity contribution < 1.29 is 13.6 Å². The third-order valence-corrected chi connectivity index (χ3v) is 3.44. The number of nitrogens with zero attached hydrogens (tertiary/aromatic N) is 1. The maximum absolute atomic E-state index is 11.4. The first-order valence-electron chi connectivity index (χ1n) is 5.31. The van der Waals surface area contributed by atoms with Crippen molar-refractivity contribution in [3.63, 3.8) is 0 Å². The Hall–Kier alpha value is -0.820. The molecule has 0 aromatic heterocycles. The lowest BCUT2D eigenvalue weighted by molar-refractivity contribution is 0.316. The van der Waals surface area contributed by atoms with Crippen molar-refractivity contribution in [3.05, 3.63) is 0 Å². The summed E-state index contributed by atoms with van der Waals surface area (Å²) in [6.07, 6.45) is 1.55. The van der Waals surface area contributed by atoms with Crippen molar-refractivity contribution in [2.75, 3.05) is 12.3 Å². The van der Waals surface area contributed by atoms with Gasteiger partial charge in [-0.05, 0) is 18.8 Å². The monoisotopic (exact) mass is 251 g/mol. The fourth-order valence-electron chi connectivity index (χ4n) is 1.01. The Labute approximate surface area is 97.0 Å². The predicted molar refractivity (Wildman–Crippen MR) is 63.9 cm³/mol. The molecule has 0 aliphatic carbocycles. The second-order valence-corrected chi connectivity index (χ2v) is 6.02. The van der Waals surface area contributed by atoms with Crippen LogP contribution in [-0.2, 0) is 10.0 Å². The van der Waals surface area contributed by atoms with Crippen molar-refractivity contribution in [1.82, 2.24) is 4.72 Å². The number of nitrogens with one attached hydrogen (secondary N) is 1. The van der Waals surface area contributed by atoms with E-state index in [1.807, 2.05) is 13.8 Å². The van der Waals surface area contributed by atoms with Gasteiger partial charge in [-0.25, -0.2) is 13.1 Å². The molecule has 0 amide bonds. The first-order chi connectivity index (χ1) is 7.37. The van der Waals surface area contributed by atoms with Crippen LogP contribution in [0.4, 0.5) is 0 Å². The van der Waals surface area contributed by atoms with Crippen LogP contribution < -0.4 is 10.5 Å². The molecule has 0 fully saturated rings. The summed E-state index contributed by atoms with van der Waals surface area (Å²) in [5.41, 5.74) is 5.24. The molecule has 0 rings (SSSR count). The van der Waals surface area contributed by atoms with Gasteiger partial charge in [0.05, 0.1) is 5.75 Å². The van der Waals surface area contributed by atoms with E-state index in [0.29, 0.717) is 31.7 Å². The fraction of sp³-hybridized carbons (Fsp3) is 0.889. The van der Waals surface area contributed by atoms with Gasteiger partial charge in [0, 0.05) is 13.0 Å². The van der Waals surface area contributed by atoms with Crippen LogP contribution in [0, 0.1) is 5.92 Å². The van der Waals surface area contributed by atoms with Crippen molar-refractivity contribution in [2.24, 2.45) is 16.8 Å². The van der Waals surface area contributed by atoms with Gasteiger partial charge in [-0.1, -0.05) is 19.0 Å². The molecule has 0 unspecified atom stereocenters. The number of hydrogen-bond acceptors (Lipinski definition) is 4. The molecule has 16 heavy (non-hydrogen) atoms. The van der Waals surface area contributed by atoms with E-state index in [2.05, 4.69) is 9.88 Å². The topological polar surface area (TPSA) is 105 Å². The second-order valence-electron chi connectivity index (χ2n) is 4.09. The highest BCUT2D eigenvalue weighted by atomic mass is 32.2. The van der Waals surface area contributed by atoms with E-state index in [4.69, 9.17) is 10.9 Å². The molecule has 96 valence electrons. The molecule has 0 atom stereocenters. The van der Waals surface area contributed by atoms with Crippen LogP contribution in [0.15, 0.2) is 5.16 Å². The Kier molecular flexibility index (Phi) is 7.07. The molecule has 0 saturated heterocycles. The van der Waals surface area contributed by atoms with E-state index in [9.17, 15) is 8.42 Å². The summed E-state index contributed by atoms with van der Waals surface area (Å²) in [5, 5.41) is 11.1. The zero-order chi connectivity index (χ0) is 12.6. The summed E-state index contributed by atoms with van der Waals surface area (Å²) >= 11 is 0. The van der Waals surface area contributed by atoms with E-state index >= 15 is 0 Å². The van der Waals surface area contributed by atoms with E-state index in [0.717, 1.165) is 0 Å². The van der Waals surface area contributed by atoms with Crippen molar-refractivity contribution in [2.45, 2.75) is 33.1 Å². The Bertz CT molecular complexity index is 312. The third-order valence-electron chi connectivity index (χ3n) is 2.02.